The molecule has 3 N–H and O–H groups in total. The van der Waals surface area contributed by atoms with Gasteiger partial charge in [0.05, 0.1) is 13.2 Å². The number of nitrogens with one attached hydrogen (secondary N) is 1. The molecule has 2 aromatic rings. The van der Waals surface area contributed by atoms with Crippen LogP contribution in [0.25, 0.3) is 0 Å². The maximum Gasteiger partial charge on any atom is 0.125 e. The third-order valence-corrected chi connectivity index (χ3v) is 3.69. The molecule has 0 aliphatic rings. The molecular formula is C16H19ClN2O. The average molecular weight is 291 g/mol. The first kappa shape index (κ1) is 14.9. The Balaban J connectivity index is 2.31. The second kappa shape index (κ2) is 6.75. The molecular weight excluding hydrogens is 272 g/mol. The Bertz CT molecular complexity index is 586. The Morgan fingerprint density at radius 2 is 2.00 bits per heavy atom. The van der Waals surface area contributed by atoms with Gasteiger partial charge < -0.3 is 4.74 Å². The van der Waals surface area contributed by atoms with Crippen LogP contribution in [0.2, 0.25) is 5.02 Å². The summed E-state index contributed by atoms with van der Waals surface area (Å²) in [4.78, 5) is 0. The van der Waals surface area contributed by atoms with Crippen molar-refractivity contribution in [1.82, 2.24) is 5.43 Å². The molecule has 0 amide bonds. The number of hydrazine groups is 1. The number of rotatable bonds is 5. The SMILES string of the molecule is COc1cc(Cl)ccc1C(Cc1ccccc1C)NN. The Kier molecular flexibility index (Phi) is 5.01. The zero-order chi connectivity index (χ0) is 14.5. The predicted octanol–water partition coefficient (Wildman–Crippen LogP) is 3.40. The first-order valence-corrected chi connectivity index (χ1v) is 6.87. The van der Waals surface area contributed by atoms with Gasteiger partial charge in [0.15, 0.2) is 0 Å². The molecule has 106 valence electrons. The number of ether oxygens (including phenoxy) is 1. The van der Waals surface area contributed by atoms with Crippen molar-refractivity contribution in [3.8, 4) is 5.75 Å². The molecule has 2 aromatic carbocycles. The van der Waals surface area contributed by atoms with E-state index in [1.165, 1.54) is 11.1 Å². The minimum Gasteiger partial charge on any atom is -0.496 e. The lowest BCUT2D eigenvalue weighted by Crippen LogP contribution is -2.30. The Morgan fingerprint density at radius 3 is 2.65 bits per heavy atom. The van der Waals surface area contributed by atoms with Crippen LogP contribution >= 0.6 is 11.6 Å². The normalized spacial score (nSPS) is 12.2. The van der Waals surface area contributed by atoms with Crippen molar-refractivity contribution >= 4 is 11.6 Å². The fourth-order valence-electron chi connectivity index (χ4n) is 2.29. The van der Waals surface area contributed by atoms with Crippen LogP contribution in [0.4, 0.5) is 0 Å². The maximum atomic E-state index is 6.00. The van der Waals surface area contributed by atoms with Gasteiger partial charge in [0.2, 0.25) is 0 Å². The lowest BCUT2D eigenvalue weighted by atomic mass is 9.96. The molecule has 0 spiro atoms. The molecule has 0 saturated carbocycles. The Morgan fingerprint density at radius 1 is 1.25 bits per heavy atom. The van der Waals surface area contributed by atoms with Gasteiger partial charge in [0.25, 0.3) is 0 Å². The molecule has 0 heterocycles. The smallest absolute Gasteiger partial charge is 0.125 e. The largest absolute Gasteiger partial charge is 0.496 e. The lowest BCUT2D eigenvalue weighted by Gasteiger charge is -2.20. The Hall–Kier alpha value is -1.55. The number of nitrogens with two attached hydrogens (primary N) is 1. The van der Waals surface area contributed by atoms with Crippen molar-refractivity contribution in [1.29, 1.82) is 0 Å². The quantitative estimate of drug-likeness (QED) is 0.655. The summed E-state index contributed by atoms with van der Waals surface area (Å²) in [6.45, 7) is 2.10. The average Bonchev–Trinajstić information content (AvgIpc) is 2.46. The van der Waals surface area contributed by atoms with Gasteiger partial charge in [-0.15, -0.1) is 0 Å². The summed E-state index contributed by atoms with van der Waals surface area (Å²) >= 11 is 6.00. The van der Waals surface area contributed by atoms with E-state index >= 15 is 0 Å². The second-order valence-electron chi connectivity index (χ2n) is 4.74. The van der Waals surface area contributed by atoms with E-state index in [0.717, 1.165) is 17.7 Å². The van der Waals surface area contributed by atoms with Crippen LogP contribution in [0.5, 0.6) is 5.75 Å². The highest BCUT2D eigenvalue weighted by atomic mass is 35.5. The molecule has 3 nitrogen and oxygen atoms in total. The van der Waals surface area contributed by atoms with Crippen molar-refractivity contribution in [3.05, 3.63) is 64.2 Å². The topological polar surface area (TPSA) is 47.3 Å². The molecule has 0 radical (unpaired) electrons. The van der Waals surface area contributed by atoms with Crippen molar-refractivity contribution in [3.63, 3.8) is 0 Å². The molecule has 0 aliphatic carbocycles. The van der Waals surface area contributed by atoms with Gasteiger partial charge >= 0.3 is 0 Å². The van der Waals surface area contributed by atoms with Gasteiger partial charge in [-0.25, -0.2) is 0 Å². The highest BCUT2D eigenvalue weighted by molar-refractivity contribution is 6.30. The highest BCUT2D eigenvalue weighted by Gasteiger charge is 2.16. The fraction of sp³-hybridized carbons (Fsp3) is 0.250. The number of aryl methyl sites for hydroxylation is 1. The van der Waals surface area contributed by atoms with Crippen LogP contribution in [0.15, 0.2) is 42.5 Å². The monoisotopic (exact) mass is 290 g/mol. The van der Waals surface area contributed by atoms with Crippen LogP contribution in [0.3, 0.4) is 0 Å². The van der Waals surface area contributed by atoms with Crippen LogP contribution in [-0.4, -0.2) is 7.11 Å². The number of benzene rings is 2. The zero-order valence-corrected chi connectivity index (χ0v) is 12.4. The van der Waals surface area contributed by atoms with Gasteiger partial charge in [-0.3, -0.25) is 11.3 Å². The summed E-state index contributed by atoms with van der Waals surface area (Å²) in [5.74, 6) is 6.47. The standard InChI is InChI=1S/C16H19ClN2O/c1-11-5-3-4-6-12(11)9-15(19-18)14-8-7-13(17)10-16(14)20-2/h3-8,10,15,19H,9,18H2,1-2H3. The fourth-order valence-corrected chi connectivity index (χ4v) is 2.45. The van der Waals surface area contributed by atoms with Crippen LogP contribution in [0.1, 0.15) is 22.7 Å². The maximum absolute atomic E-state index is 6.00. The third-order valence-electron chi connectivity index (χ3n) is 3.46. The molecule has 0 saturated heterocycles. The molecule has 0 bridgehead atoms. The van der Waals surface area contributed by atoms with Crippen LogP contribution < -0.4 is 16.0 Å². The molecule has 1 unspecified atom stereocenters. The first-order chi connectivity index (χ1) is 9.65. The van der Waals surface area contributed by atoms with E-state index in [1.54, 1.807) is 13.2 Å². The van der Waals surface area contributed by atoms with Gasteiger partial charge in [-0.1, -0.05) is 41.9 Å². The number of halogens is 1. The summed E-state index contributed by atoms with van der Waals surface area (Å²) in [5.41, 5.74) is 6.38. The summed E-state index contributed by atoms with van der Waals surface area (Å²) in [7, 11) is 1.64. The minimum absolute atomic E-state index is 0.0247. The number of methoxy groups -OCH3 is 1. The summed E-state index contributed by atoms with van der Waals surface area (Å²) in [6, 6.07) is 13.9. The lowest BCUT2D eigenvalue weighted by molar-refractivity contribution is 0.399. The van der Waals surface area contributed by atoms with Gasteiger partial charge in [0, 0.05) is 10.6 Å². The van der Waals surface area contributed by atoms with E-state index in [0.29, 0.717) is 5.02 Å². The molecule has 0 fully saturated rings. The molecule has 0 aromatic heterocycles. The van der Waals surface area contributed by atoms with E-state index in [1.807, 2.05) is 24.3 Å². The predicted molar refractivity (Wildman–Crippen MR) is 83.0 cm³/mol. The van der Waals surface area contributed by atoms with Crippen LogP contribution in [-0.2, 0) is 6.42 Å². The third kappa shape index (κ3) is 3.31. The van der Waals surface area contributed by atoms with E-state index in [4.69, 9.17) is 22.2 Å². The van der Waals surface area contributed by atoms with Gasteiger partial charge in [-0.2, -0.15) is 0 Å². The van der Waals surface area contributed by atoms with E-state index in [2.05, 4.69) is 24.5 Å². The van der Waals surface area contributed by atoms with Crippen molar-refractivity contribution in [2.75, 3.05) is 7.11 Å². The molecule has 1 atom stereocenters. The Labute approximate surface area is 124 Å². The van der Waals surface area contributed by atoms with E-state index in [9.17, 15) is 0 Å². The summed E-state index contributed by atoms with van der Waals surface area (Å²) < 4.78 is 5.40. The highest BCUT2D eigenvalue weighted by Crippen LogP contribution is 2.30. The van der Waals surface area contributed by atoms with E-state index in [-0.39, 0.29) is 6.04 Å². The number of hydrogen-bond acceptors (Lipinski definition) is 3. The zero-order valence-electron chi connectivity index (χ0n) is 11.7. The van der Waals surface area contributed by atoms with Crippen molar-refractivity contribution in [2.45, 2.75) is 19.4 Å². The number of hydrogen-bond donors (Lipinski definition) is 2. The van der Waals surface area contributed by atoms with Crippen molar-refractivity contribution in [2.24, 2.45) is 5.84 Å². The van der Waals surface area contributed by atoms with Gasteiger partial charge in [0.1, 0.15) is 5.75 Å². The summed E-state index contributed by atoms with van der Waals surface area (Å²) in [6.07, 6.45) is 0.793. The molecule has 0 aliphatic heterocycles. The molecule has 4 heteroatoms. The molecule has 2 rings (SSSR count). The van der Waals surface area contributed by atoms with Crippen LogP contribution in [0, 0.1) is 6.92 Å². The van der Waals surface area contributed by atoms with Crippen molar-refractivity contribution < 1.29 is 4.74 Å². The second-order valence-corrected chi connectivity index (χ2v) is 5.17. The van der Waals surface area contributed by atoms with E-state index < -0.39 is 0 Å². The van der Waals surface area contributed by atoms with Gasteiger partial charge in [-0.05, 0) is 36.6 Å². The molecule has 20 heavy (non-hydrogen) atoms. The minimum atomic E-state index is -0.0247. The first-order valence-electron chi connectivity index (χ1n) is 6.49. The summed E-state index contributed by atoms with van der Waals surface area (Å²) in [5, 5.41) is 0.650.